The zero-order valence-corrected chi connectivity index (χ0v) is 12.0. The second kappa shape index (κ2) is 5.48. The summed E-state index contributed by atoms with van der Waals surface area (Å²) in [6.07, 6.45) is 2.09. The highest BCUT2D eigenvalue weighted by molar-refractivity contribution is 5.37. The van der Waals surface area contributed by atoms with Gasteiger partial charge in [-0.2, -0.15) is 0 Å². The first-order valence-corrected chi connectivity index (χ1v) is 6.39. The van der Waals surface area contributed by atoms with Crippen LogP contribution in [0.3, 0.4) is 0 Å². The van der Waals surface area contributed by atoms with Crippen LogP contribution in [0.25, 0.3) is 0 Å². The standard InChI is InChI=1S/C14H25N3/c1-10(2)7-8-12-16-11(14(3,4)5)9-13(15-6)17-12/h9-10H,7-8H2,1-6H3,(H,15,16,17). The van der Waals surface area contributed by atoms with Crippen LogP contribution in [-0.4, -0.2) is 17.0 Å². The summed E-state index contributed by atoms with van der Waals surface area (Å²) < 4.78 is 0. The number of hydrogen-bond acceptors (Lipinski definition) is 3. The maximum absolute atomic E-state index is 4.67. The normalized spacial score (nSPS) is 11.9. The maximum atomic E-state index is 4.67. The smallest absolute Gasteiger partial charge is 0.131 e. The lowest BCUT2D eigenvalue weighted by atomic mass is 9.92. The molecule has 1 aromatic rings. The van der Waals surface area contributed by atoms with Gasteiger partial charge in [0.15, 0.2) is 0 Å². The average molecular weight is 235 g/mol. The molecular weight excluding hydrogens is 210 g/mol. The van der Waals surface area contributed by atoms with Gasteiger partial charge < -0.3 is 5.32 Å². The van der Waals surface area contributed by atoms with E-state index in [1.54, 1.807) is 0 Å². The number of nitrogens with one attached hydrogen (secondary N) is 1. The van der Waals surface area contributed by atoms with Crippen LogP contribution in [0.2, 0.25) is 0 Å². The van der Waals surface area contributed by atoms with Crippen LogP contribution >= 0.6 is 0 Å². The Morgan fingerprint density at radius 2 is 1.88 bits per heavy atom. The van der Waals surface area contributed by atoms with Crippen LogP contribution in [0.1, 0.15) is 52.6 Å². The summed E-state index contributed by atoms with van der Waals surface area (Å²) in [6.45, 7) is 11.0. The third kappa shape index (κ3) is 4.33. The molecule has 0 saturated heterocycles. The van der Waals surface area contributed by atoms with Gasteiger partial charge in [0.2, 0.25) is 0 Å². The van der Waals surface area contributed by atoms with Crippen LogP contribution in [0.4, 0.5) is 5.82 Å². The number of rotatable bonds is 4. The molecule has 3 heteroatoms. The van der Waals surface area contributed by atoms with Gasteiger partial charge in [-0.15, -0.1) is 0 Å². The topological polar surface area (TPSA) is 37.8 Å². The fraction of sp³-hybridized carbons (Fsp3) is 0.714. The van der Waals surface area contributed by atoms with E-state index >= 15 is 0 Å². The molecule has 1 aromatic heterocycles. The number of aromatic nitrogens is 2. The summed E-state index contributed by atoms with van der Waals surface area (Å²) in [6, 6.07) is 2.04. The lowest BCUT2D eigenvalue weighted by molar-refractivity contribution is 0.546. The number of anilines is 1. The number of nitrogens with zero attached hydrogens (tertiary/aromatic N) is 2. The molecule has 0 radical (unpaired) electrons. The Morgan fingerprint density at radius 1 is 1.24 bits per heavy atom. The van der Waals surface area contributed by atoms with Gasteiger partial charge in [-0.05, 0) is 12.3 Å². The van der Waals surface area contributed by atoms with Crippen molar-refractivity contribution in [2.75, 3.05) is 12.4 Å². The maximum Gasteiger partial charge on any atom is 0.131 e. The van der Waals surface area contributed by atoms with Crippen molar-refractivity contribution in [1.82, 2.24) is 9.97 Å². The molecule has 0 aliphatic rings. The molecule has 0 aliphatic carbocycles. The predicted octanol–water partition coefficient (Wildman–Crippen LogP) is 3.40. The van der Waals surface area contributed by atoms with Gasteiger partial charge in [0.05, 0.1) is 5.69 Å². The third-order valence-electron chi connectivity index (χ3n) is 2.74. The Kier molecular flexibility index (Phi) is 4.49. The lowest BCUT2D eigenvalue weighted by Gasteiger charge is -2.19. The minimum atomic E-state index is 0.0706. The molecule has 0 spiro atoms. The quantitative estimate of drug-likeness (QED) is 0.869. The van der Waals surface area contributed by atoms with E-state index in [1.807, 2.05) is 13.1 Å². The van der Waals surface area contributed by atoms with E-state index in [2.05, 4.69) is 49.9 Å². The summed E-state index contributed by atoms with van der Waals surface area (Å²) in [4.78, 5) is 9.19. The van der Waals surface area contributed by atoms with Gasteiger partial charge in [-0.3, -0.25) is 0 Å². The SMILES string of the molecule is CNc1cc(C(C)(C)C)nc(CCC(C)C)n1. The zero-order chi connectivity index (χ0) is 13.1. The molecule has 1 rings (SSSR count). The van der Waals surface area contributed by atoms with Crippen LogP contribution < -0.4 is 5.32 Å². The monoisotopic (exact) mass is 235 g/mol. The molecule has 0 saturated carbocycles. The first-order chi connectivity index (χ1) is 7.82. The van der Waals surface area contributed by atoms with E-state index in [0.29, 0.717) is 5.92 Å². The second-order valence-electron chi connectivity index (χ2n) is 5.99. The average Bonchev–Trinajstić information content (AvgIpc) is 2.24. The minimum Gasteiger partial charge on any atom is -0.373 e. The summed E-state index contributed by atoms with van der Waals surface area (Å²) in [5.41, 5.74) is 1.18. The summed E-state index contributed by atoms with van der Waals surface area (Å²) in [5, 5.41) is 3.12. The van der Waals surface area contributed by atoms with Gasteiger partial charge in [0.25, 0.3) is 0 Å². The largest absolute Gasteiger partial charge is 0.373 e. The zero-order valence-electron chi connectivity index (χ0n) is 12.0. The first-order valence-electron chi connectivity index (χ1n) is 6.39. The molecule has 17 heavy (non-hydrogen) atoms. The summed E-state index contributed by atoms with van der Waals surface area (Å²) in [7, 11) is 1.90. The van der Waals surface area contributed by atoms with Crippen molar-refractivity contribution in [3.63, 3.8) is 0 Å². The Labute approximate surface area is 105 Å². The van der Waals surface area contributed by atoms with Crippen molar-refractivity contribution in [1.29, 1.82) is 0 Å². The second-order valence-corrected chi connectivity index (χ2v) is 5.99. The first kappa shape index (κ1) is 13.9. The molecular formula is C14H25N3. The van der Waals surface area contributed by atoms with Crippen molar-refractivity contribution >= 4 is 5.82 Å². The van der Waals surface area contributed by atoms with E-state index in [4.69, 9.17) is 0 Å². The molecule has 0 fully saturated rings. The van der Waals surface area contributed by atoms with Crippen LogP contribution in [-0.2, 0) is 11.8 Å². The van der Waals surface area contributed by atoms with Crippen molar-refractivity contribution in [2.45, 2.75) is 52.9 Å². The van der Waals surface area contributed by atoms with Crippen molar-refractivity contribution in [3.05, 3.63) is 17.6 Å². The Hall–Kier alpha value is -1.12. The molecule has 96 valence electrons. The van der Waals surface area contributed by atoms with Gasteiger partial charge in [0.1, 0.15) is 11.6 Å². The van der Waals surface area contributed by atoms with Crippen LogP contribution in [0, 0.1) is 5.92 Å². The van der Waals surface area contributed by atoms with Gasteiger partial charge in [0, 0.05) is 24.9 Å². The van der Waals surface area contributed by atoms with E-state index in [-0.39, 0.29) is 5.41 Å². The minimum absolute atomic E-state index is 0.0706. The third-order valence-corrected chi connectivity index (χ3v) is 2.74. The fourth-order valence-corrected chi connectivity index (χ4v) is 1.54. The molecule has 0 unspecified atom stereocenters. The van der Waals surface area contributed by atoms with Gasteiger partial charge in [-0.25, -0.2) is 9.97 Å². The van der Waals surface area contributed by atoms with Crippen molar-refractivity contribution in [3.8, 4) is 0 Å². The highest BCUT2D eigenvalue weighted by atomic mass is 15.0. The molecule has 0 aromatic carbocycles. The van der Waals surface area contributed by atoms with Crippen LogP contribution in [0.15, 0.2) is 6.07 Å². The van der Waals surface area contributed by atoms with Crippen LogP contribution in [0.5, 0.6) is 0 Å². The molecule has 0 atom stereocenters. The number of aryl methyl sites for hydroxylation is 1. The fourth-order valence-electron chi connectivity index (χ4n) is 1.54. The van der Waals surface area contributed by atoms with Gasteiger partial charge >= 0.3 is 0 Å². The number of hydrogen-bond donors (Lipinski definition) is 1. The lowest BCUT2D eigenvalue weighted by Crippen LogP contribution is -2.16. The summed E-state index contributed by atoms with van der Waals surface area (Å²) in [5.74, 6) is 2.56. The van der Waals surface area contributed by atoms with Gasteiger partial charge in [-0.1, -0.05) is 34.6 Å². The van der Waals surface area contributed by atoms with E-state index in [9.17, 15) is 0 Å². The molecule has 0 amide bonds. The predicted molar refractivity (Wildman–Crippen MR) is 73.4 cm³/mol. The van der Waals surface area contributed by atoms with E-state index in [1.165, 1.54) is 0 Å². The van der Waals surface area contributed by atoms with Crippen molar-refractivity contribution in [2.24, 2.45) is 5.92 Å². The van der Waals surface area contributed by atoms with Crippen molar-refractivity contribution < 1.29 is 0 Å². The van der Waals surface area contributed by atoms with E-state index in [0.717, 1.165) is 30.2 Å². The molecule has 0 aliphatic heterocycles. The Balaban J connectivity index is 2.97. The molecule has 3 nitrogen and oxygen atoms in total. The highest BCUT2D eigenvalue weighted by Crippen LogP contribution is 2.22. The summed E-state index contributed by atoms with van der Waals surface area (Å²) >= 11 is 0. The van der Waals surface area contributed by atoms with E-state index < -0.39 is 0 Å². The Bertz CT molecular complexity index is 364. The molecule has 1 N–H and O–H groups in total. The molecule has 1 heterocycles. The Morgan fingerprint density at radius 3 is 2.35 bits per heavy atom. The molecule has 0 bridgehead atoms. The highest BCUT2D eigenvalue weighted by Gasteiger charge is 2.17.